The molecule has 0 radical (unpaired) electrons. The lowest BCUT2D eigenvalue weighted by atomic mass is 9.96. The highest BCUT2D eigenvalue weighted by molar-refractivity contribution is 8.14. The zero-order valence-electron chi connectivity index (χ0n) is 15.5. The number of pyridine rings is 1. The lowest BCUT2D eigenvalue weighted by Crippen LogP contribution is -2.28. The Kier molecular flexibility index (Phi) is 4.09. The van der Waals surface area contributed by atoms with E-state index in [0.717, 1.165) is 22.5 Å². The van der Waals surface area contributed by atoms with Gasteiger partial charge >= 0.3 is 0 Å². The molecule has 0 aromatic carbocycles. The Morgan fingerprint density at radius 1 is 1.15 bits per heavy atom. The van der Waals surface area contributed by atoms with E-state index in [0.29, 0.717) is 5.25 Å². The number of aryl methyl sites for hydroxylation is 1. The third-order valence-electron chi connectivity index (χ3n) is 5.28. The van der Waals surface area contributed by atoms with Gasteiger partial charge in [-0.15, -0.1) is 11.3 Å². The van der Waals surface area contributed by atoms with Crippen LogP contribution < -0.4 is 0 Å². The van der Waals surface area contributed by atoms with Crippen LogP contribution in [0.5, 0.6) is 0 Å². The summed E-state index contributed by atoms with van der Waals surface area (Å²) in [6.07, 6.45) is 3.73. The molecule has 0 spiro atoms. The molecule has 0 N–H and O–H groups in total. The first-order valence-corrected chi connectivity index (χ1v) is 10.9. The van der Waals surface area contributed by atoms with Gasteiger partial charge in [-0.25, -0.2) is 4.98 Å². The van der Waals surface area contributed by atoms with Crippen LogP contribution in [-0.2, 0) is 0 Å². The molecule has 0 saturated carbocycles. The van der Waals surface area contributed by atoms with Crippen molar-refractivity contribution < 1.29 is 0 Å². The van der Waals surface area contributed by atoms with Crippen LogP contribution in [0.1, 0.15) is 41.7 Å². The number of amidine groups is 1. The summed E-state index contributed by atoms with van der Waals surface area (Å²) >= 11 is 3.55. The minimum absolute atomic E-state index is 0.0337. The molecule has 0 bridgehead atoms. The van der Waals surface area contributed by atoms with Gasteiger partial charge in [0.05, 0.1) is 11.7 Å². The van der Waals surface area contributed by atoms with E-state index in [2.05, 4.69) is 58.4 Å². The molecular formula is C20H21N5S2. The zero-order valence-corrected chi connectivity index (χ0v) is 17.2. The molecule has 1 fully saturated rings. The first-order chi connectivity index (χ1) is 13.1. The minimum Gasteiger partial charge on any atom is -0.341 e. The summed E-state index contributed by atoms with van der Waals surface area (Å²) in [4.78, 5) is 16.7. The number of hydrogen-bond acceptors (Lipinski definition) is 6. The van der Waals surface area contributed by atoms with Crippen LogP contribution in [0.25, 0.3) is 5.13 Å². The van der Waals surface area contributed by atoms with Crippen molar-refractivity contribution in [3.8, 4) is 5.13 Å². The predicted molar refractivity (Wildman–Crippen MR) is 112 cm³/mol. The summed E-state index contributed by atoms with van der Waals surface area (Å²) in [5.74, 6) is 0. The van der Waals surface area contributed by atoms with Crippen LogP contribution in [0.3, 0.4) is 0 Å². The Balaban J connectivity index is 1.63. The van der Waals surface area contributed by atoms with Gasteiger partial charge in [0.2, 0.25) is 0 Å². The van der Waals surface area contributed by atoms with Crippen LogP contribution in [0.4, 0.5) is 0 Å². The number of hydrogen-bond donors (Lipinski definition) is 0. The molecule has 138 valence electrons. The van der Waals surface area contributed by atoms with E-state index in [9.17, 15) is 0 Å². The van der Waals surface area contributed by atoms with Gasteiger partial charge in [-0.05, 0) is 37.6 Å². The molecule has 5 rings (SSSR count). The van der Waals surface area contributed by atoms with Gasteiger partial charge in [0.15, 0.2) is 10.3 Å². The SMILES string of the molecule is Cc1cc([C@H]2[C@@H](c3ccccn3)N=C3S[C@@H](C)CN32)c(C)n1-c1nccs1. The summed E-state index contributed by atoms with van der Waals surface area (Å²) in [5, 5.41) is 4.77. The average molecular weight is 396 g/mol. The largest absolute Gasteiger partial charge is 0.341 e. The average Bonchev–Trinajstić information content (AvgIpc) is 3.40. The summed E-state index contributed by atoms with van der Waals surface area (Å²) in [5.41, 5.74) is 4.82. The molecule has 27 heavy (non-hydrogen) atoms. The van der Waals surface area contributed by atoms with E-state index >= 15 is 0 Å². The molecule has 0 unspecified atom stereocenters. The van der Waals surface area contributed by atoms with E-state index in [1.807, 2.05) is 35.6 Å². The molecule has 7 heteroatoms. The van der Waals surface area contributed by atoms with Gasteiger partial charge in [-0.1, -0.05) is 24.8 Å². The second-order valence-corrected chi connectivity index (χ2v) is 9.39. The third-order valence-corrected chi connectivity index (χ3v) is 7.14. The first kappa shape index (κ1) is 17.0. The number of nitrogens with zero attached hydrogens (tertiary/aromatic N) is 5. The van der Waals surface area contributed by atoms with Crippen molar-refractivity contribution in [3.05, 3.63) is 64.7 Å². The maximum absolute atomic E-state index is 5.09. The lowest BCUT2D eigenvalue weighted by Gasteiger charge is -2.27. The van der Waals surface area contributed by atoms with Crippen molar-refractivity contribution in [1.82, 2.24) is 19.4 Å². The summed E-state index contributed by atoms with van der Waals surface area (Å²) in [7, 11) is 0. The maximum Gasteiger partial charge on any atom is 0.193 e. The summed E-state index contributed by atoms with van der Waals surface area (Å²) in [6.45, 7) is 7.66. The highest BCUT2D eigenvalue weighted by atomic mass is 32.2. The Morgan fingerprint density at radius 3 is 2.78 bits per heavy atom. The van der Waals surface area contributed by atoms with Gasteiger partial charge in [0.1, 0.15) is 6.04 Å². The smallest absolute Gasteiger partial charge is 0.193 e. The Morgan fingerprint density at radius 2 is 2.04 bits per heavy atom. The fraction of sp³-hybridized carbons (Fsp3) is 0.350. The molecule has 3 aromatic rings. The van der Waals surface area contributed by atoms with Crippen LogP contribution in [0, 0.1) is 13.8 Å². The predicted octanol–water partition coefficient (Wildman–Crippen LogP) is 4.53. The second-order valence-electron chi connectivity index (χ2n) is 7.11. The molecule has 5 nitrogen and oxygen atoms in total. The van der Waals surface area contributed by atoms with E-state index in [1.165, 1.54) is 17.0 Å². The van der Waals surface area contributed by atoms with Crippen molar-refractivity contribution in [2.75, 3.05) is 6.54 Å². The van der Waals surface area contributed by atoms with Gasteiger partial charge in [0.25, 0.3) is 0 Å². The zero-order chi connectivity index (χ0) is 18.5. The summed E-state index contributed by atoms with van der Waals surface area (Å²) < 4.78 is 2.26. The van der Waals surface area contributed by atoms with Crippen molar-refractivity contribution >= 4 is 28.3 Å². The third kappa shape index (κ3) is 2.72. The molecule has 1 saturated heterocycles. The fourth-order valence-corrected chi connectivity index (χ4v) is 6.01. The Hall–Kier alpha value is -2.12. The number of aliphatic imine (C=N–C) groups is 1. The highest BCUT2D eigenvalue weighted by Gasteiger charge is 2.44. The van der Waals surface area contributed by atoms with Gasteiger partial charge in [-0.2, -0.15) is 0 Å². The van der Waals surface area contributed by atoms with Gasteiger partial charge in [0, 0.05) is 41.0 Å². The Bertz CT molecular complexity index is 993. The molecular weight excluding hydrogens is 374 g/mol. The maximum atomic E-state index is 5.09. The van der Waals surface area contributed by atoms with Crippen molar-refractivity contribution in [1.29, 1.82) is 0 Å². The van der Waals surface area contributed by atoms with Crippen LogP contribution in [0.15, 0.2) is 47.0 Å². The van der Waals surface area contributed by atoms with E-state index in [4.69, 9.17) is 4.99 Å². The van der Waals surface area contributed by atoms with Crippen molar-refractivity contribution in [2.45, 2.75) is 38.1 Å². The molecule has 3 aromatic heterocycles. The Labute approximate surface area is 167 Å². The van der Waals surface area contributed by atoms with E-state index in [1.54, 1.807) is 11.3 Å². The fourth-order valence-electron chi connectivity index (χ4n) is 4.16. The molecule has 0 aliphatic carbocycles. The monoisotopic (exact) mass is 395 g/mol. The number of rotatable bonds is 3. The second kappa shape index (κ2) is 6.49. The topological polar surface area (TPSA) is 46.3 Å². The van der Waals surface area contributed by atoms with E-state index in [-0.39, 0.29) is 12.1 Å². The van der Waals surface area contributed by atoms with Crippen LogP contribution in [-0.4, -0.2) is 36.4 Å². The number of fused-ring (bicyclic) bond motifs is 1. The minimum atomic E-state index is 0.0337. The standard InChI is InChI=1S/C20H21N5S2/c1-12-10-15(14(3)25(12)19-22-8-9-26-19)18-17(16-6-4-5-7-21-16)23-20-24(18)11-13(2)27-20/h4-10,13,17-18H,11H2,1-3H3/t13-,17+,18-/m0/s1. The van der Waals surface area contributed by atoms with Gasteiger partial charge < -0.3 is 4.90 Å². The quantitative estimate of drug-likeness (QED) is 0.653. The van der Waals surface area contributed by atoms with Gasteiger partial charge in [-0.3, -0.25) is 14.5 Å². The molecule has 0 amide bonds. The number of aromatic nitrogens is 3. The highest BCUT2D eigenvalue weighted by Crippen LogP contribution is 2.48. The molecule has 2 aliphatic heterocycles. The first-order valence-electron chi connectivity index (χ1n) is 9.14. The number of thiazole rings is 1. The van der Waals surface area contributed by atoms with E-state index < -0.39 is 0 Å². The molecule has 2 aliphatic rings. The molecule has 3 atom stereocenters. The lowest BCUT2D eigenvalue weighted by molar-refractivity contribution is 0.320. The van der Waals surface area contributed by atoms with Crippen molar-refractivity contribution in [3.63, 3.8) is 0 Å². The van der Waals surface area contributed by atoms with Crippen LogP contribution in [0.2, 0.25) is 0 Å². The normalized spacial score (nSPS) is 24.3. The van der Waals surface area contributed by atoms with Crippen molar-refractivity contribution in [2.24, 2.45) is 4.99 Å². The molecule has 5 heterocycles. The van der Waals surface area contributed by atoms with Crippen LogP contribution >= 0.6 is 23.1 Å². The summed E-state index contributed by atoms with van der Waals surface area (Å²) in [6, 6.07) is 8.64. The number of thioether (sulfide) groups is 1.